The predicted octanol–water partition coefficient (Wildman–Crippen LogP) is 4.08. The Morgan fingerprint density at radius 2 is 1.88 bits per heavy atom. The third-order valence-electron chi connectivity index (χ3n) is 3.09. The van der Waals surface area contributed by atoms with Crippen molar-refractivity contribution in [3.05, 3.63) is 27.7 Å². The standard InChI is InChI=1S/C13H11Cl2F3N4O2S2/c1-2-26(24)9-10(19)22(21-11(9)25-12(20)23)8-6(14)3-5(4-7(8)15)13(16,17)18/h3-4H,2,19H2,1H3,(H2,20,23). The zero-order valence-electron chi connectivity index (χ0n) is 12.9. The molecule has 0 spiro atoms. The van der Waals surface area contributed by atoms with Gasteiger partial charge in [0, 0.05) is 5.75 Å². The highest BCUT2D eigenvalue weighted by molar-refractivity contribution is 8.13. The number of alkyl halides is 3. The molecule has 2 rings (SSSR count). The minimum absolute atomic E-state index is 0.0309. The number of benzene rings is 1. The van der Waals surface area contributed by atoms with Crippen LogP contribution in [0, 0.1) is 0 Å². The van der Waals surface area contributed by atoms with E-state index in [2.05, 4.69) is 5.10 Å². The van der Waals surface area contributed by atoms with E-state index in [9.17, 15) is 22.2 Å². The second kappa shape index (κ2) is 7.67. The first kappa shape index (κ1) is 20.9. The molecule has 1 atom stereocenters. The Kier molecular flexibility index (Phi) is 6.16. The maximum Gasteiger partial charge on any atom is 0.416 e. The quantitative estimate of drug-likeness (QED) is 0.688. The van der Waals surface area contributed by atoms with Gasteiger partial charge in [-0.2, -0.15) is 18.3 Å². The highest BCUT2D eigenvalue weighted by Gasteiger charge is 2.33. The Morgan fingerprint density at radius 3 is 2.31 bits per heavy atom. The lowest BCUT2D eigenvalue weighted by Crippen LogP contribution is -2.09. The average Bonchev–Trinajstić information content (AvgIpc) is 2.80. The minimum Gasteiger partial charge on any atom is -0.383 e. The van der Waals surface area contributed by atoms with E-state index in [1.54, 1.807) is 6.92 Å². The van der Waals surface area contributed by atoms with E-state index in [-0.39, 0.29) is 37.2 Å². The van der Waals surface area contributed by atoms with Gasteiger partial charge in [-0.25, -0.2) is 4.68 Å². The normalized spacial score (nSPS) is 13.0. The van der Waals surface area contributed by atoms with E-state index in [4.69, 9.17) is 34.7 Å². The van der Waals surface area contributed by atoms with Crippen LogP contribution in [-0.2, 0) is 17.0 Å². The number of nitrogen functional groups attached to an aromatic ring is 1. The van der Waals surface area contributed by atoms with Crippen LogP contribution in [0.2, 0.25) is 10.0 Å². The van der Waals surface area contributed by atoms with Crippen molar-refractivity contribution in [3.8, 4) is 5.69 Å². The molecule has 0 fully saturated rings. The van der Waals surface area contributed by atoms with Crippen molar-refractivity contribution < 1.29 is 22.2 Å². The molecule has 2 aromatic rings. The van der Waals surface area contributed by atoms with E-state index >= 15 is 0 Å². The molecule has 0 aliphatic rings. The Hall–Kier alpha value is -1.43. The van der Waals surface area contributed by atoms with Crippen LogP contribution < -0.4 is 11.5 Å². The molecule has 4 N–H and O–H groups in total. The topological polar surface area (TPSA) is 104 Å². The molecule has 1 amide bonds. The van der Waals surface area contributed by atoms with Crippen molar-refractivity contribution in [1.82, 2.24) is 9.78 Å². The minimum atomic E-state index is -4.65. The summed E-state index contributed by atoms with van der Waals surface area (Å²) < 4.78 is 51.8. The summed E-state index contributed by atoms with van der Waals surface area (Å²) in [4.78, 5) is 11.2. The van der Waals surface area contributed by atoms with E-state index < -0.39 is 27.8 Å². The van der Waals surface area contributed by atoms with Gasteiger partial charge in [0.2, 0.25) is 0 Å². The molecular formula is C13H11Cl2F3N4O2S2. The summed E-state index contributed by atoms with van der Waals surface area (Å²) in [6.45, 7) is 1.61. The number of hydrogen-bond donors (Lipinski definition) is 2. The third-order valence-corrected chi connectivity index (χ3v) is 5.86. The lowest BCUT2D eigenvalue weighted by atomic mass is 10.2. The van der Waals surface area contributed by atoms with Gasteiger partial charge in [-0.15, -0.1) is 0 Å². The molecule has 0 saturated carbocycles. The Bertz CT molecular complexity index is 879. The second-order valence-electron chi connectivity index (χ2n) is 4.77. The molecule has 0 aliphatic heterocycles. The SMILES string of the molecule is CCS(=O)c1c(SC(N)=O)nn(-c2c(Cl)cc(C(F)(F)F)cc2Cl)c1N. The number of aromatic nitrogens is 2. The lowest BCUT2D eigenvalue weighted by Gasteiger charge is -2.13. The van der Waals surface area contributed by atoms with E-state index in [1.165, 1.54) is 0 Å². The molecule has 0 aliphatic carbocycles. The summed E-state index contributed by atoms with van der Waals surface area (Å²) in [7, 11) is -1.62. The largest absolute Gasteiger partial charge is 0.416 e. The van der Waals surface area contributed by atoms with Crippen molar-refractivity contribution in [1.29, 1.82) is 0 Å². The number of amides is 1. The molecule has 142 valence electrons. The van der Waals surface area contributed by atoms with Crippen LogP contribution in [0.25, 0.3) is 5.69 Å². The van der Waals surface area contributed by atoms with Gasteiger partial charge in [-0.3, -0.25) is 9.00 Å². The van der Waals surface area contributed by atoms with Crippen molar-refractivity contribution in [2.45, 2.75) is 23.0 Å². The molecular weight excluding hydrogens is 436 g/mol. The van der Waals surface area contributed by atoms with Gasteiger partial charge in [0.1, 0.15) is 21.4 Å². The number of primary amides is 1. The van der Waals surface area contributed by atoms with Crippen LogP contribution >= 0.6 is 35.0 Å². The van der Waals surface area contributed by atoms with Gasteiger partial charge in [0.25, 0.3) is 5.24 Å². The maximum absolute atomic E-state index is 12.9. The fourth-order valence-electron chi connectivity index (χ4n) is 2.02. The van der Waals surface area contributed by atoms with E-state index in [0.717, 1.165) is 4.68 Å². The Labute approximate surface area is 162 Å². The molecule has 0 radical (unpaired) electrons. The predicted molar refractivity (Wildman–Crippen MR) is 95.4 cm³/mol. The summed E-state index contributed by atoms with van der Waals surface area (Å²) >= 11 is 12.4. The van der Waals surface area contributed by atoms with Crippen LogP contribution in [0.5, 0.6) is 0 Å². The first-order valence-corrected chi connectivity index (χ1v) is 9.67. The first-order chi connectivity index (χ1) is 12.0. The fourth-order valence-corrected chi connectivity index (χ4v) is 4.42. The molecule has 1 aromatic heterocycles. The summed E-state index contributed by atoms with van der Waals surface area (Å²) in [5.74, 6) is -0.00560. The second-order valence-corrected chi connectivity index (χ2v) is 8.26. The Balaban J connectivity index is 2.71. The molecule has 1 aromatic carbocycles. The number of nitrogens with two attached hydrogens (primary N) is 2. The van der Waals surface area contributed by atoms with Gasteiger partial charge in [0.15, 0.2) is 0 Å². The van der Waals surface area contributed by atoms with Crippen LogP contribution in [0.4, 0.5) is 23.8 Å². The number of halogens is 5. The number of nitrogens with zero attached hydrogens (tertiary/aromatic N) is 2. The lowest BCUT2D eigenvalue weighted by molar-refractivity contribution is -0.137. The number of thioether (sulfide) groups is 1. The molecule has 1 unspecified atom stereocenters. The van der Waals surface area contributed by atoms with Crippen LogP contribution in [0.15, 0.2) is 22.1 Å². The van der Waals surface area contributed by atoms with Gasteiger partial charge in [-0.1, -0.05) is 30.1 Å². The van der Waals surface area contributed by atoms with Crippen LogP contribution in [0.3, 0.4) is 0 Å². The first-order valence-electron chi connectivity index (χ1n) is 6.78. The maximum atomic E-state index is 12.9. The smallest absolute Gasteiger partial charge is 0.383 e. The molecule has 13 heteroatoms. The van der Waals surface area contributed by atoms with Gasteiger partial charge in [0.05, 0.1) is 26.4 Å². The number of carbonyl (C=O) groups is 1. The van der Waals surface area contributed by atoms with Gasteiger partial charge in [-0.05, 0) is 23.9 Å². The zero-order valence-corrected chi connectivity index (χ0v) is 16.1. The summed E-state index contributed by atoms with van der Waals surface area (Å²) in [5.41, 5.74) is 9.89. The zero-order chi connectivity index (χ0) is 19.8. The van der Waals surface area contributed by atoms with Crippen molar-refractivity contribution in [2.75, 3.05) is 11.5 Å². The van der Waals surface area contributed by atoms with Crippen molar-refractivity contribution >= 4 is 56.8 Å². The molecule has 0 saturated heterocycles. The number of carbonyl (C=O) groups excluding carboxylic acids is 1. The monoisotopic (exact) mass is 446 g/mol. The molecule has 26 heavy (non-hydrogen) atoms. The van der Waals surface area contributed by atoms with Crippen LogP contribution in [0.1, 0.15) is 12.5 Å². The van der Waals surface area contributed by atoms with E-state index in [1.807, 2.05) is 0 Å². The summed E-state index contributed by atoms with van der Waals surface area (Å²) in [6, 6.07) is 1.34. The third kappa shape index (κ3) is 4.11. The van der Waals surface area contributed by atoms with E-state index in [0.29, 0.717) is 23.9 Å². The highest BCUT2D eigenvalue weighted by Crippen LogP contribution is 2.40. The van der Waals surface area contributed by atoms with Gasteiger partial charge < -0.3 is 11.5 Å². The molecule has 6 nitrogen and oxygen atoms in total. The molecule has 1 heterocycles. The van der Waals surface area contributed by atoms with Gasteiger partial charge >= 0.3 is 6.18 Å². The van der Waals surface area contributed by atoms with Crippen LogP contribution in [-0.4, -0.2) is 25.0 Å². The summed E-state index contributed by atoms with van der Waals surface area (Å²) in [5, 5.41) is 2.40. The Morgan fingerprint density at radius 1 is 1.35 bits per heavy atom. The highest BCUT2D eigenvalue weighted by atomic mass is 35.5. The average molecular weight is 447 g/mol. The molecule has 0 bridgehead atoms. The number of anilines is 1. The summed E-state index contributed by atoms with van der Waals surface area (Å²) in [6.07, 6.45) is -4.65. The fraction of sp³-hybridized carbons (Fsp3) is 0.231. The number of rotatable bonds is 4. The number of hydrogen-bond acceptors (Lipinski definition) is 5. The van der Waals surface area contributed by atoms with Crippen molar-refractivity contribution in [3.63, 3.8) is 0 Å². The van der Waals surface area contributed by atoms with Crippen molar-refractivity contribution in [2.24, 2.45) is 5.73 Å².